The summed E-state index contributed by atoms with van der Waals surface area (Å²) in [4.78, 5) is 2.09. The molecule has 0 fully saturated rings. The quantitative estimate of drug-likeness (QED) is 0.871. The predicted octanol–water partition coefficient (Wildman–Crippen LogP) is 3.88. The van der Waals surface area contributed by atoms with Crippen molar-refractivity contribution in [2.24, 2.45) is 5.73 Å². The van der Waals surface area contributed by atoms with E-state index in [1.165, 1.54) is 12.1 Å². The summed E-state index contributed by atoms with van der Waals surface area (Å²) in [5, 5.41) is 0.480. The van der Waals surface area contributed by atoms with Gasteiger partial charge in [-0.15, -0.1) is 0 Å². The van der Waals surface area contributed by atoms with Gasteiger partial charge in [-0.05, 0) is 36.4 Å². The molecule has 2 rings (SSSR count). The Balaban J connectivity index is 2.37. The molecule has 0 heterocycles. The monoisotopic (exact) mass is 294 g/mol. The van der Waals surface area contributed by atoms with Crippen LogP contribution in [0.3, 0.4) is 0 Å². The minimum Gasteiger partial charge on any atom is -0.389 e. The van der Waals surface area contributed by atoms with E-state index in [1.807, 2.05) is 24.1 Å². The van der Waals surface area contributed by atoms with Crippen molar-refractivity contribution in [3.8, 4) is 0 Å². The van der Waals surface area contributed by atoms with E-state index in [1.54, 1.807) is 18.2 Å². The van der Waals surface area contributed by atoms with Crippen molar-refractivity contribution in [1.29, 1.82) is 0 Å². The van der Waals surface area contributed by atoms with E-state index in [-0.39, 0.29) is 10.8 Å². The fraction of sp³-hybridized carbons (Fsp3) is 0.0714. The van der Waals surface area contributed by atoms with Crippen LogP contribution in [-0.2, 0) is 0 Å². The molecule has 2 N–H and O–H groups in total. The summed E-state index contributed by atoms with van der Waals surface area (Å²) in [6.07, 6.45) is 0. The maximum atomic E-state index is 13.2. The Morgan fingerprint density at radius 3 is 2.47 bits per heavy atom. The lowest BCUT2D eigenvalue weighted by Crippen LogP contribution is -2.12. The average molecular weight is 295 g/mol. The van der Waals surface area contributed by atoms with Gasteiger partial charge in [0.1, 0.15) is 10.8 Å². The smallest absolute Gasteiger partial charge is 0.125 e. The topological polar surface area (TPSA) is 29.3 Å². The predicted molar refractivity (Wildman–Crippen MR) is 81.8 cm³/mol. The molecule has 5 heteroatoms. The van der Waals surface area contributed by atoms with Crippen molar-refractivity contribution < 1.29 is 4.39 Å². The van der Waals surface area contributed by atoms with E-state index in [4.69, 9.17) is 29.6 Å². The molecule has 2 aromatic carbocycles. The third-order valence-electron chi connectivity index (χ3n) is 2.80. The highest BCUT2D eigenvalue weighted by molar-refractivity contribution is 7.80. The second-order valence-corrected chi connectivity index (χ2v) is 4.91. The molecule has 2 aromatic rings. The van der Waals surface area contributed by atoms with E-state index >= 15 is 0 Å². The maximum Gasteiger partial charge on any atom is 0.125 e. The number of thiocarbonyl (C=S) groups is 1. The van der Waals surface area contributed by atoms with Crippen LogP contribution in [0.4, 0.5) is 15.8 Å². The number of halogens is 2. The van der Waals surface area contributed by atoms with Crippen LogP contribution in [0.15, 0.2) is 42.5 Å². The molecule has 0 atom stereocenters. The molecule has 0 bridgehead atoms. The normalized spacial score (nSPS) is 10.3. The fourth-order valence-electron chi connectivity index (χ4n) is 1.75. The molecule has 0 aliphatic heterocycles. The third kappa shape index (κ3) is 3.03. The molecule has 0 saturated heterocycles. The van der Waals surface area contributed by atoms with Crippen LogP contribution in [-0.4, -0.2) is 12.0 Å². The van der Waals surface area contributed by atoms with Crippen molar-refractivity contribution in [3.63, 3.8) is 0 Å². The molecule has 0 aliphatic rings. The molecular formula is C14H12ClFN2S. The summed E-state index contributed by atoms with van der Waals surface area (Å²) in [5.74, 6) is -0.282. The van der Waals surface area contributed by atoms with Gasteiger partial charge in [0.05, 0.1) is 5.02 Å². The number of nitrogens with zero attached hydrogens (tertiary/aromatic N) is 1. The molecule has 0 amide bonds. The standard InChI is InChI=1S/C14H12ClFN2S/c1-18(10-4-2-3-9(16)7-10)11-5-6-12(14(17)19)13(15)8-11/h2-8H,1H3,(H2,17,19). The van der Waals surface area contributed by atoms with Crippen LogP contribution in [0.2, 0.25) is 5.02 Å². The highest BCUT2D eigenvalue weighted by Crippen LogP contribution is 2.28. The maximum absolute atomic E-state index is 13.2. The summed E-state index contributed by atoms with van der Waals surface area (Å²) < 4.78 is 13.2. The van der Waals surface area contributed by atoms with Crippen LogP contribution < -0.4 is 10.6 Å². The zero-order chi connectivity index (χ0) is 14.0. The minimum absolute atomic E-state index is 0.255. The Kier molecular flexibility index (Phi) is 4.02. The molecule has 0 spiro atoms. The Hall–Kier alpha value is -1.65. The fourth-order valence-corrected chi connectivity index (χ4v) is 2.26. The Bertz CT molecular complexity index is 631. The summed E-state index contributed by atoms with van der Waals surface area (Å²) >= 11 is 11.0. The van der Waals surface area contributed by atoms with Gasteiger partial charge >= 0.3 is 0 Å². The Morgan fingerprint density at radius 1 is 1.21 bits per heavy atom. The largest absolute Gasteiger partial charge is 0.389 e. The van der Waals surface area contributed by atoms with E-state index < -0.39 is 0 Å². The van der Waals surface area contributed by atoms with Crippen molar-refractivity contribution in [2.45, 2.75) is 0 Å². The molecule has 0 saturated carbocycles. The SMILES string of the molecule is CN(c1cccc(F)c1)c1ccc(C(N)=S)c(Cl)c1. The van der Waals surface area contributed by atoms with Crippen LogP contribution in [0.5, 0.6) is 0 Å². The number of benzene rings is 2. The highest BCUT2D eigenvalue weighted by atomic mass is 35.5. The molecule has 19 heavy (non-hydrogen) atoms. The molecular weight excluding hydrogens is 283 g/mol. The first kappa shape index (κ1) is 13.8. The first-order chi connectivity index (χ1) is 8.99. The van der Waals surface area contributed by atoms with Crippen LogP contribution in [0, 0.1) is 5.82 Å². The van der Waals surface area contributed by atoms with E-state index in [0.29, 0.717) is 10.6 Å². The summed E-state index contributed by atoms with van der Waals surface area (Å²) in [6, 6.07) is 11.7. The van der Waals surface area contributed by atoms with Crippen molar-refractivity contribution in [2.75, 3.05) is 11.9 Å². The van der Waals surface area contributed by atoms with E-state index in [9.17, 15) is 4.39 Å². The van der Waals surface area contributed by atoms with E-state index in [0.717, 1.165) is 11.4 Å². The number of rotatable bonds is 3. The average Bonchev–Trinajstić information content (AvgIpc) is 2.37. The van der Waals surface area contributed by atoms with Crippen molar-refractivity contribution in [1.82, 2.24) is 0 Å². The first-order valence-electron chi connectivity index (χ1n) is 5.57. The molecule has 0 aliphatic carbocycles. The summed E-state index contributed by atoms with van der Waals surface area (Å²) in [7, 11) is 1.83. The lowest BCUT2D eigenvalue weighted by atomic mass is 10.2. The molecule has 0 radical (unpaired) electrons. The Labute approximate surface area is 121 Å². The number of hydrogen-bond donors (Lipinski definition) is 1. The van der Waals surface area contributed by atoms with Gasteiger partial charge in [-0.25, -0.2) is 4.39 Å². The van der Waals surface area contributed by atoms with Crippen LogP contribution in [0.25, 0.3) is 0 Å². The lowest BCUT2D eigenvalue weighted by molar-refractivity contribution is 0.628. The zero-order valence-corrected chi connectivity index (χ0v) is 11.8. The van der Waals surface area contributed by atoms with Gasteiger partial charge in [-0.2, -0.15) is 0 Å². The third-order valence-corrected chi connectivity index (χ3v) is 3.33. The second-order valence-electron chi connectivity index (χ2n) is 4.07. The van der Waals surface area contributed by atoms with Gasteiger partial charge in [0.15, 0.2) is 0 Å². The second kappa shape index (κ2) is 5.55. The van der Waals surface area contributed by atoms with Gasteiger partial charge in [0.2, 0.25) is 0 Å². The number of hydrogen-bond acceptors (Lipinski definition) is 2. The van der Waals surface area contributed by atoms with Gasteiger partial charge in [0, 0.05) is 24.0 Å². The molecule has 0 unspecified atom stereocenters. The zero-order valence-electron chi connectivity index (χ0n) is 10.2. The Morgan fingerprint density at radius 2 is 1.89 bits per heavy atom. The van der Waals surface area contributed by atoms with Gasteiger partial charge in [0.25, 0.3) is 0 Å². The molecule has 98 valence electrons. The first-order valence-corrected chi connectivity index (χ1v) is 6.36. The lowest BCUT2D eigenvalue weighted by Gasteiger charge is -2.20. The molecule has 0 aromatic heterocycles. The summed E-state index contributed by atoms with van der Waals surface area (Å²) in [5.41, 5.74) is 7.75. The minimum atomic E-state index is -0.282. The molecule has 2 nitrogen and oxygen atoms in total. The van der Waals surface area contributed by atoms with Crippen molar-refractivity contribution >= 4 is 40.2 Å². The van der Waals surface area contributed by atoms with Crippen LogP contribution >= 0.6 is 23.8 Å². The van der Waals surface area contributed by atoms with E-state index in [2.05, 4.69) is 0 Å². The van der Waals surface area contributed by atoms with Crippen LogP contribution in [0.1, 0.15) is 5.56 Å². The van der Waals surface area contributed by atoms with Gasteiger partial charge in [-0.3, -0.25) is 0 Å². The van der Waals surface area contributed by atoms with Crippen molar-refractivity contribution in [3.05, 3.63) is 58.9 Å². The van der Waals surface area contributed by atoms with Gasteiger partial charge in [-0.1, -0.05) is 29.9 Å². The summed E-state index contributed by atoms with van der Waals surface area (Å²) in [6.45, 7) is 0. The highest BCUT2D eigenvalue weighted by Gasteiger charge is 2.09. The number of anilines is 2. The number of nitrogens with two attached hydrogens (primary N) is 1. The van der Waals surface area contributed by atoms with Gasteiger partial charge < -0.3 is 10.6 Å².